The molecule has 0 N–H and O–H groups in total. The smallest absolute Gasteiger partial charge is 0.323 e. The van der Waals surface area contributed by atoms with Crippen LogP contribution in [0.25, 0.3) is 5.57 Å². The van der Waals surface area contributed by atoms with E-state index in [4.69, 9.17) is 4.74 Å². The predicted molar refractivity (Wildman–Crippen MR) is 85.2 cm³/mol. The summed E-state index contributed by atoms with van der Waals surface area (Å²) >= 11 is 0. The highest BCUT2D eigenvalue weighted by molar-refractivity contribution is 6.13. The molecular formula is C17H23NO3. The average molecular weight is 289 g/mol. The molecule has 0 amide bonds. The second-order valence-corrected chi connectivity index (χ2v) is 5.32. The summed E-state index contributed by atoms with van der Waals surface area (Å²) in [5.41, 5.74) is 0.896. The van der Waals surface area contributed by atoms with E-state index in [1.807, 2.05) is 43.3 Å². The predicted octanol–water partition coefficient (Wildman–Crippen LogP) is 2.92. The standard InChI is InChI=1S/C17H23NO3/c1-7-21-16(20)17(4,13(3)19)12(2)14-8-10-15(11-9-14)18(5)6/h8-11H,2,7H2,1,3-6H3. The number of ketones is 1. The summed E-state index contributed by atoms with van der Waals surface area (Å²) in [7, 11) is 3.89. The van der Waals surface area contributed by atoms with Crippen LogP contribution in [0, 0.1) is 5.41 Å². The normalized spacial score (nSPS) is 13.2. The second kappa shape index (κ2) is 6.57. The van der Waals surface area contributed by atoms with Crippen LogP contribution in [-0.2, 0) is 14.3 Å². The molecule has 1 atom stereocenters. The molecule has 0 aliphatic heterocycles. The molecule has 1 aromatic carbocycles. The molecule has 21 heavy (non-hydrogen) atoms. The summed E-state index contributed by atoms with van der Waals surface area (Å²) in [4.78, 5) is 26.2. The molecule has 0 bridgehead atoms. The minimum atomic E-state index is -1.35. The Morgan fingerprint density at radius 2 is 1.76 bits per heavy atom. The number of rotatable bonds is 6. The highest BCUT2D eigenvalue weighted by Gasteiger charge is 2.43. The van der Waals surface area contributed by atoms with Gasteiger partial charge in [0.2, 0.25) is 0 Å². The van der Waals surface area contributed by atoms with Gasteiger partial charge in [-0.25, -0.2) is 0 Å². The maximum Gasteiger partial charge on any atom is 0.323 e. The number of Topliss-reactive ketones (excluding diaryl/α,β-unsaturated/α-hetero) is 1. The first kappa shape index (κ1) is 17.0. The van der Waals surface area contributed by atoms with E-state index in [2.05, 4.69) is 6.58 Å². The van der Waals surface area contributed by atoms with Crippen molar-refractivity contribution in [2.24, 2.45) is 5.41 Å². The van der Waals surface area contributed by atoms with Crippen molar-refractivity contribution in [2.45, 2.75) is 20.8 Å². The minimum Gasteiger partial charge on any atom is -0.465 e. The van der Waals surface area contributed by atoms with Crippen molar-refractivity contribution >= 4 is 23.0 Å². The number of nitrogens with zero attached hydrogens (tertiary/aromatic N) is 1. The molecule has 0 aromatic heterocycles. The molecule has 0 radical (unpaired) electrons. The highest BCUT2D eigenvalue weighted by atomic mass is 16.5. The van der Waals surface area contributed by atoms with Gasteiger partial charge in [-0.2, -0.15) is 0 Å². The van der Waals surface area contributed by atoms with Gasteiger partial charge in [-0.3, -0.25) is 9.59 Å². The van der Waals surface area contributed by atoms with Gasteiger partial charge in [0.05, 0.1) is 6.61 Å². The summed E-state index contributed by atoms with van der Waals surface area (Å²) in [6.45, 7) is 8.86. The Labute approximate surface area is 126 Å². The fraction of sp³-hybridized carbons (Fsp3) is 0.412. The van der Waals surface area contributed by atoms with Gasteiger partial charge in [-0.1, -0.05) is 18.7 Å². The number of hydrogen-bond donors (Lipinski definition) is 0. The van der Waals surface area contributed by atoms with Crippen LogP contribution >= 0.6 is 0 Å². The summed E-state index contributed by atoms with van der Waals surface area (Å²) in [5, 5.41) is 0. The lowest BCUT2D eigenvalue weighted by Crippen LogP contribution is -2.37. The van der Waals surface area contributed by atoms with E-state index in [1.165, 1.54) is 6.92 Å². The summed E-state index contributed by atoms with van der Waals surface area (Å²) in [5.74, 6) is -0.832. The van der Waals surface area contributed by atoms with Crippen LogP contribution in [0.15, 0.2) is 30.8 Å². The van der Waals surface area contributed by atoms with E-state index in [0.717, 1.165) is 11.3 Å². The lowest BCUT2D eigenvalue weighted by molar-refractivity contribution is -0.154. The summed E-state index contributed by atoms with van der Waals surface area (Å²) < 4.78 is 5.04. The molecule has 0 fully saturated rings. The molecular weight excluding hydrogens is 266 g/mol. The molecule has 0 saturated carbocycles. The van der Waals surface area contributed by atoms with Gasteiger partial charge in [0.25, 0.3) is 0 Å². The van der Waals surface area contributed by atoms with E-state index in [-0.39, 0.29) is 12.4 Å². The third-order valence-corrected chi connectivity index (χ3v) is 3.72. The Hall–Kier alpha value is -2.10. The van der Waals surface area contributed by atoms with Crippen molar-refractivity contribution in [1.29, 1.82) is 0 Å². The second-order valence-electron chi connectivity index (χ2n) is 5.32. The highest BCUT2D eigenvalue weighted by Crippen LogP contribution is 2.36. The van der Waals surface area contributed by atoms with E-state index in [9.17, 15) is 9.59 Å². The van der Waals surface area contributed by atoms with E-state index in [0.29, 0.717) is 5.57 Å². The number of esters is 1. The Morgan fingerprint density at radius 1 is 1.24 bits per heavy atom. The molecule has 0 aliphatic carbocycles. The Bertz CT molecular complexity index is 546. The zero-order valence-corrected chi connectivity index (χ0v) is 13.4. The van der Waals surface area contributed by atoms with Crippen molar-refractivity contribution in [3.63, 3.8) is 0 Å². The largest absolute Gasteiger partial charge is 0.465 e. The number of hydrogen-bond acceptors (Lipinski definition) is 4. The summed E-state index contributed by atoms with van der Waals surface area (Å²) in [6, 6.07) is 7.56. The van der Waals surface area contributed by atoms with Gasteiger partial charge in [-0.05, 0) is 44.0 Å². The van der Waals surface area contributed by atoms with Crippen molar-refractivity contribution in [1.82, 2.24) is 0 Å². The SMILES string of the molecule is C=C(c1ccc(N(C)C)cc1)C(C)(C(C)=O)C(=O)OCC. The third kappa shape index (κ3) is 3.32. The van der Waals surface area contributed by atoms with Crippen LogP contribution in [0.4, 0.5) is 5.69 Å². The Morgan fingerprint density at radius 3 is 2.14 bits per heavy atom. The number of carbonyl (C=O) groups is 2. The maximum atomic E-state index is 12.2. The molecule has 0 saturated heterocycles. The molecule has 0 spiro atoms. The van der Waals surface area contributed by atoms with Crippen LogP contribution in [0.5, 0.6) is 0 Å². The van der Waals surface area contributed by atoms with Gasteiger partial charge >= 0.3 is 5.97 Å². The van der Waals surface area contributed by atoms with Crippen LogP contribution in [-0.4, -0.2) is 32.5 Å². The van der Waals surface area contributed by atoms with E-state index in [1.54, 1.807) is 13.8 Å². The Kier molecular flexibility index (Phi) is 5.30. The molecule has 114 valence electrons. The number of carbonyl (C=O) groups excluding carboxylic acids is 2. The molecule has 1 unspecified atom stereocenters. The lowest BCUT2D eigenvalue weighted by Gasteiger charge is -2.27. The fourth-order valence-electron chi connectivity index (χ4n) is 2.00. The molecule has 0 aliphatic rings. The van der Waals surface area contributed by atoms with Crippen LogP contribution in [0.1, 0.15) is 26.3 Å². The first-order chi connectivity index (χ1) is 9.75. The zero-order valence-electron chi connectivity index (χ0n) is 13.4. The molecule has 1 rings (SSSR count). The monoisotopic (exact) mass is 289 g/mol. The third-order valence-electron chi connectivity index (χ3n) is 3.72. The lowest BCUT2D eigenvalue weighted by atomic mass is 9.76. The van der Waals surface area contributed by atoms with Gasteiger partial charge < -0.3 is 9.64 Å². The summed E-state index contributed by atoms with van der Waals surface area (Å²) in [6.07, 6.45) is 0. The number of anilines is 1. The maximum absolute atomic E-state index is 12.2. The first-order valence-corrected chi connectivity index (χ1v) is 6.90. The Balaban J connectivity index is 3.18. The fourth-order valence-corrected chi connectivity index (χ4v) is 2.00. The molecule has 4 nitrogen and oxygen atoms in total. The zero-order chi connectivity index (χ0) is 16.2. The average Bonchev–Trinajstić information content (AvgIpc) is 2.45. The quantitative estimate of drug-likeness (QED) is 0.597. The number of ether oxygens (including phenoxy) is 1. The van der Waals surface area contributed by atoms with Crippen LogP contribution in [0.3, 0.4) is 0 Å². The van der Waals surface area contributed by atoms with Crippen LogP contribution in [0.2, 0.25) is 0 Å². The van der Waals surface area contributed by atoms with Crippen molar-refractivity contribution in [2.75, 3.05) is 25.6 Å². The van der Waals surface area contributed by atoms with E-state index < -0.39 is 11.4 Å². The van der Waals surface area contributed by atoms with Gasteiger partial charge in [0.15, 0.2) is 5.78 Å². The van der Waals surface area contributed by atoms with Gasteiger partial charge in [-0.15, -0.1) is 0 Å². The van der Waals surface area contributed by atoms with Crippen LogP contribution < -0.4 is 4.90 Å². The number of benzene rings is 1. The van der Waals surface area contributed by atoms with Crippen molar-refractivity contribution < 1.29 is 14.3 Å². The minimum absolute atomic E-state index is 0.231. The van der Waals surface area contributed by atoms with Crippen molar-refractivity contribution in [3.05, 3.63) is 36.4 Å². The molecule has 1 aromatic rings. The van der Waals surface area contributed by atoms with Crippen molar-refractivity contribution in [3.8, 4) is 0 Å². The van der Waals surface area contributed by atoms with E-state index >= 15 is 0 Å². The topological polar surface area (TPSA) is 46.6 Å². The first-order valence-electron chi connectivity index (χ1n) is 6.90. The van der Waals surface area contributed by atoms with Gasteiger partial charge in [0.1, 0.15) is 5.41 Å². The molecule has 0 heterocycles. The molecule has 4 heteroatoms. The van der Waals surface area contributed by atoms with Gasteiger partial charge in [0, 0.05) is 19.8 Å².